The summed E-state index contributed by atoms with van der Waals surface area (Å²) in [6, 6.07) is 0. The molecule has 6 aliphatic heterocycles. The van der Waals surface area contributed by atoms with Crippen LogP contribution in [0.1, 0.15) is 434 Å². The summed E-state index contributed by atoms with van der Waals surface area (Å²) in [7, 11) is 0. The maximum Gasteiger partial charge on any atom is 0.306 e. The van der Waals surface area contributed by atoms with Crippen LogP contribution in [0.4, 0.5) is 0 Å². The van der Waals surface area contributed by atoms with E-state index in [9.17, 15) is 60.0 Å². The summed E-state index contributed by atoms with van der Waals surface area (Å²) in [6.45, 7) is 14.5. The molecule has 0 radical (unpaired) electrons. The fraction of sp³-hybridized carbons (Fsp3) is 0.959. The van der Waals surface area contributed by atoms with Gasteiger partial charge >= 0.3 is 23.9 Å². The van der Waals surface area contributed by atoms with Crippen LogP contribution in [0.2, 0.25) is 0 Å². The highest BCUT2D eigenvalue weighted by Crippen LogP contribution is 2.40. The van der Waals surface area contributed by atoms with Crippen LogP contribution in [0.15, 0.2) is 0 Å². The topological polar surface area (TPSA) is 359 Å². The standard InChI is InChI=1S/C98H178O26/c1-9-13-17-20-23-26-29-32-33-34-35-38-39-42-47-52-58-64-75(99)111-68-74-80(104)81(105)84(108)95(117-74)124-92-89(122-94-85(109)83(107)87(70(6)113-94)118-76(100)65-59-53-48-43-40-36-30-27-24-21-18-14-10-2)72(8)115-98(93(92)120-78(102)67-61-54-49-44-41-37-31-28-25-22-19-15-11-3)121-88-71(7)114-97-91(86(88)110)119-77(101)66-60-55-50-45-46-51-57-63-73(62-56-16-12-4)116-96-90(123-97)82(106)79(103)69(5)112-96/h69-74,79-98,103-110H,9-68H2,1-8H3/t69-,70+,71+,72-,73+,74-,79+,80-,81+,82+,83+,84-,85-,86-,87+,88+,89+,90-,91-,92-,93-,94+,95+,96+,97+,98+/m1/s1. The van der Waals surface area contributed by atoms with Crippen molar-refractivity contribution in [1.29, 1.82) is 0 Å². The minimum absolute atomic E-state index is 0.0429. The smallest absolute Gasteiger partial charge is 0.306 e. The van der Waals surface area contributed by atoms with Crippen LogP contribution in [0, 0.1) is 0 Å². The number of ether oxygens (including phenoxy) is 14. The third-order valence-corrected chi connectivity index (χ3v) is 26.4. The first kappa shape index (κ1) is 110. The van der Waals surface area contributed by atoms with Crippen LogP contribution in [-0.4, -0.2) is 231 Å². The molecule has 26 atom stereocenters. The number of aliphatic hydroxyl groups is 8. The van der Waals surface area contributed by atoms with Gasteiger partial charge in [0, 0.05) is 25.7 Å². The van der Waals surface area contributed by atoms with Crippen molar-refractivity contribution < 1.29 is 126 Å². The fourth-order valence-electron chi connectivity index (χ4n) is 18.4. The lowest BCUT2D eigenvalue weighted by atomic mass is 9.95. The predicted molar refractivity (Wildman–Crippen MR) is 474 cm³/mol. The number of hydrogen-bond acceptors (Lipinski definition) is 26. The first-order valence-electron chi connectivity index (χ1n) is 50.9. The molecule has 0 aliphatic carbocycles. The van der Waals surface area contributed by atoms with Gasteiger partial charge in [0.05, 0.1) is 30.5 Å². The maximum atomic E-state index is 14.9. The van der Waals surface area contributed by atoms with Crippen molar-refractivity contribution in [2.24, 2.45) is 0 Å². The summed E-state index contributed by atoms with van der Waals surface area (Å²) < 4.78 is 90.6. The molecule has 6 aliphatic rings. The number of rotatable bonds is 60. The average molecular weight is 1770 g/mol. The van der Waals surface area contributed by atoms with E-state index < -0.39 is 184 Å². The summed E-state index contributed by atoms with van der Waals surface area (Å²) >= 11 is 0. The molecule has 0 aromatic rings. The van der Waals surface area contributed by atoms with Gasteiger partial charge < -0.3 is 107 Å². The zero-order valence-corrected chi connectivity index (χ0v) is 78.4. The van der Waals surface area contributed by atoms with E-state index in [1.807, 2.05) is 0 Å². The molecule has 8 N–H and O–H groups in total. The molecule has 26 nitrogen and oxygen atoms in total. The molecule has 0 unspecified atom stereocenters. The Balaban J connectivity index is 1.26. The van der Waals surface area contributed by atoms with Crippen molar-refractivity contribution in [2.75, 3.05) is 6.61 Å². The molecule has 0 saturated carbocycles. The molecule has 0 spiro atoms. The Kier molecular flexibility index (Phi) is 58.2. The highest BCUT2D eigenvalue weighted by Gasteiger charge is 2.59. The number of fused-ring (bicyclic) bond motifs is 2. The maximum absolute atomic E-state index is 14.9. The van der Waals surface area contributed by atoms with Gasteiger partial charge in [-0.25, -0.2) is 0 Å². The molecular formula is C98H178O26. The van der Waals surface area contributed by atoms with Crippen molar-refractivity contribution in [2.45, 2.75) is 594 Å². The van der Waals surface area contributed by atoms with Crippen molar-refractivity contribution in [3.63, 3.8) is 0 Å². The third-order valence-electron chi connectivity index (χ3n) is 26.4. The third kappa shape index (κ3) is 41.5. The van der Waals surface area contributed by atoms with E-state index >= 15 is 0 Å². The zero-order valence-electron chi connectivity index (χ0n) is 78.4. The van der Waals surface area contributed by atoms with Gasteiger partial charge in [0.25, 0.3) is 0 Å². The van der Waals surface area contributed by atoms with Gasteiger partial charge in [0.2, 0.25) is 0 Å². The Morgan fingerprint density at radius 3 is 1.17 bits per heavy atom. The Bertz CT molecular complexity index is 2700. The molecule has 0 bridgehead atoms. The Labute approximate surface area is 747 Å². The van der Waals surface area contributed by atoms with Gasteiger partial charge in [-0.1, -0.05) is 342 Å². The van der Waals surface area contributed by atoms with Crippen molar-refractivity contribution in [3.05, 3.63) is 0 Å². The molecule has 6 rings (SSSR count). The minimum atomic E-state index is -2.06. The zero-order chi connectivity index (χ0) is 89.6. The van der Waals surface area contributed by atoms with Crippen molar-refractivity contribution >= 4 is 23.9 Å². The van der Waals surface area contributed by atoms with Gasteiger partial charge in [-0.3, -0.25) is 19.2 Å². The number of aliphatic hydroxyl groups excluding tert-OH is 8. The normalized spacial score (nSPS) is 32.5. The molecule has 6 heterocycles. The van der Waals surface area contributed by atoms with Gasteiger partial charge in [-0.05, 0) is 66.2 Å². The molecule has 726 valence electrons. The number of hydrogen-bond donors (Lipinski definition) is 8. The lowest BCUT2D eigenvalue weighted by Gasteiger charge is -2.51. The highest BCUT2D eigenvalue weighted by atomic mass is 16.8. The van der Waals surface area contributed by atoms with E-state index in [0.29, 0.717) is 44.9 Å². The minimum Gasteiger partial charge on any atom is -0.463 e. The second-order valence-corrected chi connectivity index (χ2v) is 37.4. The van der Waals surface area contributed by atoms with E-state index in [0.717, 1.165) is 141 Å². The molecule has 6 saturated heterocycles. The van der Waals surface area contributed by atoms with Crippen molar-refractivity contribution in [3.8, 4) is 0 Å². The Morgan fingerprint density at radius 2 is 0.677 bits per heavy atom. The number of unbranched alkanes of at least 4 members (excludes halogenated alkanes) is 42. The molecule has 26 heteroatoms. The van der Waals surface area contributed by atoms with Crippen LogP contribution < -0.4 is 0 Å². The van der Waals surface area contributed by atoms with Crippen LogP contribution in [-0.2, 0) is 85.5 Å². The SMILES string of the molecule is CCCCCCCCCCCCCCCCCCCC(=O)OC[C@H]1O[C@@H](O[C@@H]2[C@@H](O[C@@H]3O[C@@H](C)[C@H](OC(=O)CCCCCCCCCCCCCCC)[C@@H](O)[C@H]3O)[C@@H](C)O[C@@H](O[C@@H]3[C@@H](O)[C@H]4OC(=O)CCCCCCCCC[C@H](CCCCC)O[C@@H]5O[C@H](C)[C@H](O)[C@H](O)[C@H]5O[C@@H]4O[C@H]3C)[C@@H]2OC(=O)CCCCCCCCCCCCCCC)[C@H](O)[C@@H](O)[C@@H]1O. The molecule has 0 aromatic heterocycles. The van der Waals surface area contributed by atoms with Gasteiger partial charge in [-0.2, -0.15) is 0 Å². The predicted octanol–water partition coefficient (Wildman–Crippen LogP) is 17.9. The number of carbonyl (C=O) groups excluding carboxylic acids is 4. The molecule has 0 aromatic carbocycles. The lowest BCUT2D eigenvalue weighted by molar-refractivity contribution is -0.400. The Hall–Kier alpha value is -2.84. The second-order valence-electron chi connectivity index (χ2n) is 37.4. The molecule has 6 fully saturated rings. The van der Waals surface area contributed by atoms with E-state index in [4.69, 9.17) is 66.3 Å². The van der Waals surface area contributed by atoms with Gasteiger partial charge in [-0.15, -0.1) is 0 Å². The summed E-state index contributed by atoms with van der Waals surface area (Å²) in [4.78, 5) is 56.1. The number of carbonyl (C=O) groups is 4. The molecular weight excluding hydrogens is 1590 g/mol. The van der Waals surface area contributed by atoms with Crippen molar-refractivity contribution in [1.82, 2.24) is 0 Å². The number of esters is 4. The van der Waals surface area contributed by atoms with Crippen LogP contribution in [0.25, 0.3) is 0 Å². The van der Waals surface area contributed by atoms with Crippen LogP contribution >= 0.6 is 0 Å². The van der Waals surface area contributed by atoms with E-state index in [1.54, 1.807) is 20.8 Å². The van der Waals surface area contributed by atoms with Gasteiger partial charge in [0.1, 0.15) is 86.0 Å². The average Bonchev–Trinajstić information content (AvgIpc) is 0.768. The largest absolute Gasteiger partial charge is 0.463 e. The molecule has 0 amide bonds. The molecule has 124 heavy (non-hydrogen) atoms. The van der Waals surface area contributed by atoms with E-state index in [-0.39, 0.29) is 31.8 Å². The van der Waals surface area contributed by atoms with Crippen LogP contribution in [0.3, 0.4) is 0 Å². The van der Waals surface area contributed by atoms with E-state index in [2.05, 4.69) is 27.7 Å². The fourth-order valence-corrected chi connectivity index (χ4v) is 18.4. The lowest BCUT2D eigenvalue weighted by Crippen LogP contribution is -2.68. The quantitative estimate of drug-likeness (QED) is 0.0159. The Morgan fingerprint density at radius 1 is 0.306 bits per heavy atom. The van der Waals surface area contributed by atoms with Crippen LogP contribution in [0.5, 0.6) is 0 Å². The summed E-state index contributed by atoms with van der Waals surface area (Å²) in [5.41, 5.74) is 0. The monoisotopic (exact) mass is 1770 g/mol. The summed E-state index contributed by atoms with van der Waals surface area (Å²) in [5, 5.41) is 96.0. The first-order chi connectivity index (χ1) is 60.1. The van der Waals surface area contributed by atoms with Gasteiger partial charge in [0.15, 0.2) is 49.8 Å². The first-order valence-corrected chi connectivity index (χ1v) is 50.9. The summed E-state index contributed by atoms with van der Waals surface area (Å²) in [5.74, 6) is -2.63. The second kappa shape index (κ2) is 65.7. The summed E-state index contributed by atoms with van der Waals surface area (Å²) in [6.07, 6.45) is 17.9. The highest BCUT2D eigenvalue weighted by molar-refractivity contribution is 5.70. The van der Waals surface area contributed by atoms with E-state index in [1.165, 1.54) is 174 Å².